The summed E-state index contributed by atoms with van der Waals surface area (Å²) in [6.45, 7) is 0. The smallest absolute Gasteiger partial charge is 0.276 e. The molecule has 2 rings (SSSR count). The molecule has 0 fully saturated rings. The summed E-state index contributed by atoms with van der Waals surface area (Å²) in [6, 6.07) is 6.24. The molecule has 0 bridgehead atoms. The molecule has 0 unspecified atom stereocenters. The van der Waals surface area contributed by atoms with E-state index in [0.717, 1.165) is 12.1 Å². The van der Waals surface area contributed by atoms with Crippen LogP contribution in [0.3, 0.4) is 0 Å². The minimum Gasteiger partial charge on any atom is -0.276 e. The summed E-state index contributed by atoms with van der Waals surface area (Å²) < 4.78 is 102. The van der Waals surface area contributed by atoms with Crippen LogP contribution in [0.25, 0.3) is 0 Å². The second kappa shape index (κ2) is 7.92. The number of hydrazone groups is 1. The number of benzene rings is 2. The summed E-state index contributed by atoms with van der Waals surface area (Å²) in [7, 11) is -4.49. The fraction of sp³-hybridized carbons (Fsp3) is 0.125. The summed E-state index contributed by atoms with van der Waals surface area (Å²) >= 11 is 5.63. The lowest BCUT2D eigenvalue weighted by Crippen LogP contribution is -2.16. The van der Waals surface area contributed by atoms with Crippen LogP contribution in [-0.2, 0) is 22.2 Å². The van der Waals surface area contributed by atoms with Crippen LogP contribution in [0.15, 0.2) is 52.5 Å². The molecule has 0 radical (unpaired) electrons. The number of nitriles is 1. The van der Waals surface area contributed by atoms with Gasteiger partial charge in [0, 0.05) is 5.02 Å². The number of sulfone groups is 1. The lowest BCUT2D eigenvalue weighted by atomic mass is 10.1. The Morgan fingerprint density at radius 2 is 1.45 bits per heavy atom. The van der Waals surface area contributed by atoms with Crippen molar-refractivity contribution in [1.82, 2.24) is 0 Å². The molecule has 0 aliphatic rings. The van der Waals surface area contributed by atoms with Crippen LogP contribution >= 0.6 is 11.6 Å². The van der Waals surface area contributed by atoms with Gasteiger partial charge in [0.05, 0.1) is 21.7 Å². The van der Waals surface area contributed by atoms with Crippen molar-refractivity contribution in [3.63, 3.8) is 0 Å². The van der Waals surface area contributed by atoms with Crippen LogP contribution in [-0.4, -0.2) is 13.5 Å². The summed E-state index contributed by atoms with van der Waals surface area (Å²) in [5.41, 5.74) is -2.32. The molecule has 0 aliphatic carbocycles. The Kier molecular flexibility index (Phi) is 6.15. The maximum atomic E-state index is 12.9. The van der Waals surface area contributed by atoms with Crippen LogP contribution in [0.1, 0.15) is 11.1 Å². The molecule has 0 saturated carbocycles. The molecule has 13 heteroatoms. The van der Waals surface area contributed by atoms with Gasteiger partial charge in [-0.25, -0.2) is 8.42 Å². The van der Waals surface area contributed by atoms with E-state index in [2.05, 4.69) is 5.10 Å². The van der Waals surface area contributed by atoms with Crippen LogP contribution in [0, 0.1) is 11.3 Å². The molecule has 0 aromatic heterocycles. The van der Waals surface area contributed by atoms with E-state index in [1.54, 1.807) is 5.43 Å². The molecule has 5 nitrogen and oxygen atoms in total. The molecular weight excluding hydrogens is 448 g/mol. The van der Waals surface area contributed by atoms with E-state index in [9.17, 15) is 34.8 Å². The predicted octanol–water partition coefficient (Wildman–Crippen LogP) is 5.10. The Bertz CT molecular complexity index is 1060. The number of nitrogens with one attached hydrogen (secondary N) is 1. The second-order valence-corrected chi connectivity index (χ2v) is 7.69. The Balaban J connectivity index is 2.47. The molecule has 154 valence electrons. The van der Waals surface area contributed by atoms with E-state index in [-0.39, 0.29) is 11.1 Å². The Morgan fingerprint density at radius 3 is 1.86 bits per heavy atom. The zero-order valence-electron chi connectivity index (χ0n) is 13.8. The molecular formula is C16H8ClF6N3O2S. The summed E-state index contributed by atoms with van der Waals surface area (Å²) in [5, 5.41) is 11.2. The van der Waals surface area contributed by atoms with E-state index in [1.807, 2.05) is 0 Å². The quantitative estimate of drug-likeness (QED) is 0.302. The van der Waals surface area contributed by atoms with Crippen molar-refractivity contribution < 1.29 is 34.8 Å². The van der Waals surface area contributed by atoms with Gasteiger partial charge in [0.2, 0.25) is 9.84 Å². The number of hydrogen-bond acceptors (Lipinski definition) is 5. The highest BCUT2D eigenvalue weighted by Crippen LogP contribution is 2.37. The molecule has 0 spiro atoms. The SMILES string of the molecule is N#C/C(=N\Nc1cc(C(F)(F)F)cc(C(F)(F)F)c1)S(=O)(=O)c1ccc(Cl)cc1. The van der Waals surface area contributed by atoms with E-state index in [4.69, 9.17) is 16.9 Å². The van der Waals surface area contributed by atoms with Crippen LogP contribution < -0.4 is 5.43 Å². The number of nitrogens with zero attached hydrogens (tertiary/aromatic N) is 2. The molecule has 2 aromatic rings. The summed E-state index contributed by atoms with van der Waals surface area (Å²) in [4.78, 5) is -0.399. The van der Waals surface area contributed by atoms with Gasteiger partial charge in [0.15, 0.2) is 0 Å². The van der Waals surface area contributed by atoms with Crippen LogP contribution in [0.5, 0.6) is 0 Å². The van der Waals surface area contributed by atoms with E-state index < -0.39 is 48.9 Å². The average molecular weight is 456 g/mol. The summed E-state index contributed by atoms with van der Waals surface area (Å²) in [5.74, 6) is 0. The van der Waals surface area contributed by atoms with Gasteiger partial charge >= 0.3 is 12.4 Å². The van der Waals surface area contributed by atoms with E-state index in [1.165, 1.54) is 18.2 Å². The van der Waals surface area contributed by atoms with E-state index >= 15 is 0 Å². The normalized spacial score (nSPS) is 13.1. The highest BCUT2D eigenvalue weighted by molar-refractivity contribution is 8.07. The minimum atomic E-state index is -5.10. The Labute approximate surface area is 165 Å². The highest BCUT2D eigenvalue weighted by Gasteiger charge is 2.37. The van der Waals surface area contributed by atoms with E-state index in [0.29, 0.717) is 12.1 Å². The van der Waals surface area contributed by atoms with Crippen molar-refractivity contribution in [2.45, 2.75) is 17.2 Å². The highest BCUT2D eigenvalue weighted by atomic mass is 35.5. The molecule has 2 aromatic carbocycles. The zero-order chi connectivity index (χ0) is 22.0. The molecule has 29 heavy (non-hydrogen) atoms. The lowest BCUT2D eigenvalue weighted by Gasteiger charge is -2.14. The first-order valence-corrected chi connectivity index (χ1v) is 9.15. The third-order valence-corrected chi connectivity index (χ3v) is 5.18. The van der Waals surface area contributed by atoms with Crippen molar-refractivity contribution in [2.75, 3.05) is 5.43 Å². The topological polar surface area (TPSA) is 82.3 Å². The van der Waals surface area contributed by atoms with Gasteiger partial charge in [-0.15, -0.1) is 0 Å². The van der Waals surface area contributed by atoms with Gasteiger partial charge in [0.1, 0.15) is 6.07 Å². The van der Waals surface area contributed by atoms with Crippen molar-refractivity contribution >= 4 is 32.2 Å². The molecule has 0 aliphatic heterocycles. The second-order valence-electron chi connectivity index (χ2n) is 5.39. The summed E-state index contributed by atoms with van der Waals surface area (Å²) in [6.07, 6.45) is -10.2. The third kappa shape index (κ3) is 5.39. The molecule has 0 atom stereocenters. The fourth-order valence-electron chi connectivity index (χ4n) is 2.01. The largest absolute Gasteiger partial charge is 0.416 e. The third-order valence-electron chi connectivity index (χ3n) is 3.35. The van der Waals surface area contributed by atoms with Gasteiger partial charge < -0.3 is 0 Å². The number of anilines is 1. The van der Waals surface area contributed by atoms with Crippen molar-refractivity contribution in [3.8, 4) is 6.07 Å². The Hall–Kier alpha value is -2.78. The maximum Gasteiger partial charge on any atom is 0.416 e. The molecule has 0 heterocycles. The lowest BCUT2D eigenvalue weighted by molar-refractivity contribution is -0.143. The average Bonchev–Trinajstić information content (AvgIpc) is 2.60. The standard InChI is InChI=1S/C16H8ClF6N3O2S/c17-11-1-3-13(4-2-11)29(27,28)14(8-24)26-25-12-6-9(15(18,19)20)5-10(7-12)16(21,22)23/h1-7,25H/b26-14+. The van der Waals surface area contributed by atoms with Gasteiger partial charge in [-0.2, -0.15) is 36.7 Å². The molecule has 1 N–H and O–H groups in total. The zero-order valence-corrected chi connectivity index (χ0v) is 15.4. The van der Waals surface area contributed by atoms with Crippen molar-refractivity contribution in [3.05, 3.63) is 58.6 Å². The van der Waals surface area contributed by atoms with Gasteiger partial charge in [0.25, 0.3) is 5.04 Å². The van der Waals surface area contributed by atoms with Crippen LogP contribution in [0.2, 0.25) is 5.02 Å². The fourth-order valence-corrected chi connectivity index (χ4v) is 3.13. The first-order chi connectivity index (χ1) is 13.2. The monoisotopic (exact) mass is 455 g/mol. The first kappa shape index (κ1) is 22.5. The van der Waals surface area contributed by atoms with Gasteiger partial charge in [-0.1, -0.05) is 11.6 Å². The van der Waals surface area contributed by atoms with Gasteiger partial charge in [-0.05, 0) is 42.5 Å². The van der Waals surface area contributed by atoms with Crippen molar-refractivity contribution in [2.24, 2.45) is 5.10 Å². The number of alkyl halides is 6. The van der Waals surface area contributed by atoms with Crippen molar-refractivity contribution in [1.29, 1.82) is 5.26 Å². The predicted molar refractivity (Wildman–Crippen MR) is 91.8 cm³/mol. The molecule has 0 saturated heterocycles. The molecule has 0 amide bonds. The minimum absolute atomic E-state index is 0.107. The Morgan fingerprint density at radius 1 is 0.966 bits per heavy atom. The number of rotatable bonds is 3. The number of halogens is 7. The first-order valence-electron chi connectivity index (χ1n) is 7.29. The number of hydrogen-bond donors (Lipinski definition) is 1. The van der Waals surface area contributed by atoms with Gasteiger partial charge in [-0.3, -0.25) is 5.43 Å². The van der Waals surface area contributed by atoms with Crippen LogP contribution in [0.4, 0.5) is 32.0 Å². The maximum absolute atomic E-state index is 12.9.